The summed E-state index contributed by atoms with van der Waals surface area (Å²) in [4.78, 5) is 10.8. The minimum Gasteiger partial charge on any atom is -0.258 e. The fourth-order valence-electron chi connectivity index (χ4n) is 1.02. The molecule has 0 heterocycles. The van der Waals surface area contributed by atoms with E-state index in [1.54, 1.807) is 23.9 Å². The molecule has 72 valence electrons. The van der Waals surface area contributed by atoms with E-state index in [2.05, 4.69) is 0 Å². The Morgan fingerprint density at radius 2 is 2.36 bits per heavy atom. The highest BCUT2D eigenvalue weighted by Crippen LogP contribution is 2.25. The third kappa shape index (κ3) is 2.24. The van der Waals surface area contributed by atoms with Crippen LogP contribution in [0.25, 0.3) is 0 Å². The zero-order valence-corrected chi connectivity index (χ0v) is 8.37. The lowest BCUT2D eigenvalue weighted by Gasteiger charge is -1.99. The highest BCUT2D eigenvalue weighted by atomic mass is 32.2. The SMILES string of the molecule is CCSc1ccc([N+](=O)[O-])c(C#N)c1. The molecule has 0 amide bonds. The van der Waals surface area contributed by atoms with Gasteiger partial charge in [0.15, 0.2) is 0 Å². The summed E-state index contributed by atoms with van der Waals surface area (Å²) >= 11 is 1.55. The molecule has 0 bridgehead atoms. The first kappa shape index (κ1) is 10.5. The van der Waals surface area contributed by atoms with Crippen LogP contribution in [0.1, 0.15) is 12.5 Å². The van der Waals surface area contributed by atoms with Crippen molar-refractivity contribution in [2.45, 2.75) is 11.8 Å². The fraction of sp³-hybridized carbons (Fsp3) is 0.222. The van der Waals surface area contributed by atoms with E-state index >= 15 is 0 Å². The van der Waals surface area contributed by atoms with Crippen LogP contribution in [-0.2, 0) is 0 Å². The molecule has 14 heavy (non-hydrogen) atoms. The molecule has 4 nitrogen and oxygen atoms in total. The highest BCUT2D eigenvalue weighted by Gasteiger charge is 2.13. The van der Waals surface area contributed by atoms with Crippen molar-refractivity contribution in [3.8, 4) is 6.07 Å². The Kier molecular flexibility index (Phi) is 3.48. The zero-order valence-electron chi connectivity index (χ0n) is 7.56. The van der Waals surface area contributed by atoms with Crippen LogP contribution in [0.3, 0.4) is 0 Å². The van der Waals surface area contributed by atoms with Gasteiger partial charge in [0.2, 0.25) is 0 Å². The maximum Gasteiger partial charge on any atom is 0.287 e. The van der Waals surface area contributed by atoms with Crippen molar-refractivity contribution >= 4 is 17.4 Å². The van der Waals surface area contributed by atoms with Gasteiger partial charge in [-0.1, -0.05) is 6.92 Å². The molecule has 0 aliphatic rings. The van der Waals surface area contributed by atoms with Crippen molar-refractivity contribution in [2.75, 3.05) is 5.75 Å². The van der Waals surface area contributed by atoms with E-state index in [0.717, 1.165) is 10.6 Å². The molecule has 0 atom stereocenters. The molecule has 1 rings (SSSR count). The van der Waals surface area contributed by atoms with Crippen molar-refractivity contribution in [1.29, 1.82) is 5.26 Å². The maximum absolute atomic E-state index is 10.5. The van der Waals surface area contributed by atoms with Gasteiger partial charge in [-0.2, -0.15) is 5.26 Å². The lowest BCUT2D eigenvalue weighted by Crippen LogP contribution is -1.92. The van der Waals surface area contributed by atoms with Gasteiger partial charge in [0, 0.05) is 11.0 Å². The fourth-order valence-corrected chi connectivity index (χ4v) is 1.72. The summed E-state index contributed by atoms with van der Waals surface area (Å²) in [5.41, 5.74) is -0.0126. The second-order valence-corrected chi connectivity index (χ2v) is 3.82. The second-order valence-electron chi connectivity index (χ2n) is 2.48. The first-order chi connectivity index (χ1) is 6.69. The molecular formula is C9H8N2O2S. The van der Waals surface area contributed by atoms with E-state index in [9.17, 15) is 10.1 Å². The minimum atomic E-state index is -0.543. The molecule has 0 aliphatic heterocycles. The van der Waals surface area contributed by atoms with Crippen molar-refractivity contribution in [3.63, 3.8) is 0 Å². The average molecular weight is 208 g/mol. The summed E-state index contributed by atoms with van der Waals surface area (Å²) in [6, 6.07) is 6.40. The van der Waals surface area contributed by atoms with Gasteiger partial charge in [-0.25, -0.2) is 0 Å². The summed E-state index contributed by atoms with van der Waals surface area (Å²) in [7, 11) is 0. The summed E-state index contributed by atoms with van der Waals surface area (Å²) in [5, 5.41) is 19.2. The monoisotopic (exact) mass is 208 g/mol. The van der Waals surface area contributed by atoms with E-state index in [0.29, 0.717) is 0 Å². The first-order valence-corrected chi connectivity index (χ1v) is 4.99. The number of benzene rings is 1. The third-order valence-corrected chi connectivity index (χ3v) is 2.47. The molecule has 0 radical (unpaired) electrons. The van der Waals surface area contributed by atoms with Crippen LogP contribution >= 0.6 is 11.8 Å². The Balaban J connectivity index is 3.13. The van der Waals surface area contributed by atoms with Crippen LogP contribution in [-0.4, -0.2) is 10.7 Å². The van der Waals surface area contributed by atoms with Crippen LogP contribution in [0, 0.1) is 21.4 Å². The number of nitro groups is 1. The van der Waals surface area contributed by atoms with E-state index < -0.39 is 4.92 Å². The van der Waals surface area contributed by atoms with E-state index in [-0.39, 0.29) is 11.3 Å². The molecular weight excluding hydrogens is 200 g/mol. The smallest absolute Gasteiger partial charge is 0.258 e. The van der Waals surface area contributed by atoms with Crippen molar-refractivity contribution in [2.24, 2.45) is 0 Å². The normalized spacial score (nSPS) is 9.43. The van der Waals surface area contributed by atoms with Crippen molar-refractivity contribution in [3.05, 3.63) is 33.9 Å². The lowest BCUT2D eigenvalue weighted by atomic mass is 10.2. The van der Waals surface area contributed by atoms with Gasteiger partial charge in [0.25, 0.3) is 5.69 Å². The quantitative estimate of drug-likeness (QED) is 0.435. The van der Waals surface area contributed by atoms with Gasteiger partial charge in [-0.15, -0.1) is 11.8 Å². The number of nitrogens with zero attached hydrogens (tertiary/aromatic N) is 2. The third-order valence-electron chi connectivity index (χ3n) is 1.60. The molecule has 0 aromatic heterocycles. The Morgan fingerprint density at radius 1 is 1.64 bits per heavy atom. The van der Waals surface area contributed by atoms with Crippen LogP contribution in [0.2, 0.25) is 0 Å². The summed E-state index contributed by atoms with van der Waals surface area (Å²) in [6.07, 6.45) is 0. The van der Waals surface area contributed by atoms with Gasteiger partial charge in [0.1, 0.15) is 11.6 Å². The van der Waals surface area contributed by atoms with Crippen molar-refractivity contribution in [1.82, 2.24) is 0 Å². The Bertz CT molecular complexity index is 398. The average Bonchev–Trinajstić information content (AvgIpc) is 2.17. The summed E-state index contributed by atoms with van der Waals surface area (Å²) in [6.45, 7) is 1.98. The molecule has 0 unspecified atom stereocenters. The summed E-state index contributed by atoms with van der Waals surface area (Å²) in [5.74, 6) is 0.878. The number of nitro benzene ring substituents is 1. The Hall–Kier alpha value is -1.54. The van der Waals surface area contributed by atoms with Crippen LogP contribution in [0.5, 0.6) is 0 Å². The van der Waals surface area contributed by atoms with Gasteiger partial charge in [0.05, 0.1) is 4.92 Å². The molecule has 1 aromatic rings. The minimum absolute atomic E-state index is 0.119. The maximum atomic E-state index is 10.5. The van der Waals surface area contributed by atoms with Crippen LogP contribution in [0.15, 0.2) is 23.1 Å². The second kappa shape index (κ2) is 4.63. The lowest BCUT2D eigenvalue weighted by molar-refractivity contribution is -0.385. The molecule has 0 saturated carbocycles. The largest absolute Gasteiger partial charge is 0.287 e. The molecule has 0 spiro atoms. The topological polar surface area (TPSA) is 66.9 Å². The molecule has 0 N–H and O–H groups in total. The zero-order chi connectivity index (χ0) is 10.6. The van der Waals surface area contributed by atoms with Gasteiger partial charge in [-0.05, 0) is 17.9 Å². The molecule has 0 fully saturated rings. The Morgan fingerprint density at radius 3 is 2.86 bits per heavy atom. The summed E-state index contributed by atoms with van der Waals surface area (Å²) < 4.78 is 0. The number of thioether (sulfide) groups is 1. The number of hydrogen-bond acceptors (Lipinski definition) is 4. The first-order valence-electron chi connectivity index (χ1n) is 4.00. The van der Waals surface area contributed by atoms with Crippen molar-refractivity contribution < 1.29 is 4.92 Å². The Labute approximate surface area is 85.7 Å². The number of nitriles is 1. The van der Waals surface area contributed by atoms with E-state index in [1.807, 2.05) is 13.0 Å². The number of rotatable bonds is 3. The van der Waals surface area contributed by atoms with Gasteiger partial charge < -0.3 is 0 Å². The van der Waals surface area contributed by atoms with Crippen LogP contribution in [0.4, 0.5) is 5.69 Å². The van der Waals surface area contributed by atoms with E-state index in [1.165, 1.54) is 6.07 Å². The predicted molar refractivity (Wildman–Crippen MR) is 54.2 cm³/mol. The van der Waals surface area contributed by atoms with E-state index in [4.69, 9.17) is 5.26 Å². The molecule has 5 heteroatoms. The van der Waals surface area contributed by atoms with Gasteiger partial charge >= 0.3 is 0 Å². The van der Waals surface area contributed by atoms with Crippen LogP contribution < -0.4 is 0 Å². The number of hydrogen-bond donors (Lipinski definition) is 0. The predicted octanol–water partition coefficient (Wildman–Crippen LogP) is 2.58. The standard InChI is InChI=1S/C9H8N2O2S/c1-2-14-8-3-4-9(11(12)13)7(5-8)6-10/h3-5H,2H2,1H3. The highest BCUT2D eigenvalue weighted by molar-refractivity contribution is 7.99. The molecule has 0 saturated heterocycles. The van der Waals surface area contributed by atoms with Gasteiger partial charge in [-0.3, -0.25) is 10.1 Å². The molecule has 1 aromatic carbocycles. The molecule has 0 aliphatic carbocycles.